The van der Waals surface area contributed by atoms with Gasteiger partial charge in [0.05, 0.1) is 16.8 Å². The Kier molecular flexibility index (Phi) is 5.28. The molecule has 1 heterocycles. The first kappa shape index (κ1) is 18.7. The molecule has 29 heavy (non-hydrogen) atoms. The van der Waals surface area contributed by atoms with Crippen molar-refractivity contribution in [2.45, 2.75) is 13.5 Å². The molecule has 0 bridgehead atoms. The Balaban J connectivity index is 1.65. The molecule has 0 fully saturated rings. The Morgan fingerprint density at radius 3 is 2.48 bits per heavy atom. The van der Waals surface area contributed by atoms with Crippen molar-refractivity contribution in [3.63, 3.8) is 0 Å². The van der Waals surface area contributed by atoms with Gasteiger partial charge in [-0.15, -0.1) is 6.42 Å². The first-order chi connectivity index (χ1) is 14.2. The summed E-state index contributed by atoms with van der Waals surface area (Å²) in [5.74, 6) is 3.74. The standard InChI is InChI=1S/C24H18N2O2S/c1-3-16-26-22-17(2)8-7-11-21(22)29-24(26)25-23(27)18-12-14-20(15-13-18)28-19-9-5-4-6-10-19/h1,4-15H,16H2,2H3. The van der Waals surface area contributed by atoms with Crippen LogP contribution in [0.25, 0.3) is 10.2 Å². The summed E-state index contributed by atoms with van der Waals surface area (Å²) in [5.41, 5.74) is 2.62. The molecule has 0 unspecified atom stereocenters. The Hall–Kier alpha value is -3.62. The summed E-state index contributed by atoms with van der Waals surface area (Å²) >= 11 is 1.46. The molecule has 142 valence electrons. The van der Waals surface area contributed by atoms with Crippen LogP contribution in [-0.4, -0.2) is 10.5 Å². The van der Waals surface area contributed by atoms with Gasteiger partial charge in [0.15, 0.2) is 4.80 Å². The lowest BCUT2D eigenvalue weighted by molar-refractivity contribution is 0.0998. The van der Waals surface area contributed by atoms with Gasteiger partial charge in [0.2, 0.25) is 0 Å². The molecular weight excluding hydrogens is 380 g/mol. The summed E-state index contributed by atoms with van der Waals surface area (Å²) in [6, 6.07) is 22.5. The summed E-state index contributed by atoms with van der Waals surface area (Å²) in [4.78, 5) is 17.7. The zero-order chi connectivity index (χ0) is 20.2. The number of carbonyl (C=O) groups excluding carboxylic acids is 1. The molecule has 1 aromatic heterocycles. The summed E-state index contributed by atoms with van der Waals surface area (Å²) < 4.78 is 8.74. The van der Waals surface area contributed by atoms with E-state index in [1.165, 1.54) is 11.3 Å². The fourth-order valence-electron chi connectivity index (χ4n) is 3.07. The van der Waals surface area contributed by atoms with Crippen LogP contribution in [0.4, 0.5) is 0 Å². The topological polar surface area (TPSA) is 43.6 Å². The Labute approximate surface area is 172 Å². The van der Waals surface area contributed by atoms with E-state index in [1.54, 1.807) is 24.3 Å². The largest absolute Gasteiger partial charge is 0.457 e. The first-order valence-electron chi connectivity index (χ1n) is 9.10. The van der Waals surface area contributed by atoms with E-state index in [1.807, 2.05) is 60.0 Å². The van der Waals surface area contributed by atoms with E-state index in [2.05, 4.69) is 10.9 Å². The number of carbonyl (C=O) groups is 1. The van der Waals surface area contributed by atoms with E-state index in [4.69, 9.17) is 11.2 Å². The number of terminal acetylenes is 1. The number of fused-ring (bicyclic) bond motifs is 1. The van der Waals surface area contributed by atoms with Crippen molar-refractivity contribution in [2.75, 3.05) is 0 Å². The highest BCUT2D eigenvalue weighted by molar-refractivity contribution is 7.16. The second kappa shape index (κ2) is 8.17. The summed E-state index contributed by atoms with van der Waals surface area (Å²) in [5, 5.41) is 0. The van der Waals surface area contributed by atoms with Gasteiger partial charge in [0.1, 0.15) is 11.5 Å². The predicted octanol–water partition coefficient (Wildman–Crippen LogP) is 5.18. The van der Waals surface area contributed by atoms with Gasteiger partial charge in [-0.05, 0) is 55.0 Å². The van der Waals surface area contributed by atoms with Gasteiger partial charge in [-0.1, -0.05) is 47.6 Å². The van der Waals surface area contributed by atoms with E-state index < -0.39 is 0 Å². The average molecular weight is 398 g/mol. The minimum absolute atomic E-state index is 0.314. The average Bonchev–Trinajstić information content (AvgIpc) is 3.08. The third-order valence-corrected chi connectivity index (χ3v) is 5.47. The molecule has 0 aliphatic rings. The number of thiazole rings is 1. The maximum Gasteiger partial charge on any atom is 0.279 e. The van der Waals surface area contributed by atoms with E-state index in [9.17, 15) is 4.79 Å². The molecule has 0 saturated carbocycles. The Morgan fingerprint density at radius 1 is 1.03 bits per heavy atom. The maximum absolute atomic E-state index is 12.7. The van der Waals surface area contributed by atoms with Crippen molar-refractivity contribution in [2.24, 2.45) is 4.99 Å². The van der Waals surface area contributed by atoms with Crippen LogP contribution in [0.15, 0.2) is 77.8 Å². The lowest BCUT2D eigenvalue weighted by Crippen LogP contribution is -2.16. The summed E-state index contributed by atoms with van der Waals surface area (Å²) in [6.45, 7) is 2.39. The number of para-hydroxylation sites is 2. The molecule has 0 radical (unpaired) electrons. The molecule has 0 atom stereocenters. The number of rotatable bonds is 4. The summed E-state index contributed by atoms with van der Waals surface area (Å²) in [6.07, 6.45) is 5.54. The molecule has 0 aliphatic carbocycles. The van der Waals surface area contributed by atoms with Crippen LogP contribution < -0.4 is 9.54 Å². The highest BCUT2D eigenvalue weighted by Crippen LogP contribution is 2.22. The normalized spacial score (nSPS) is 11.4. The Morgan fingerprint density at radius 2 is 1.76 bits per heavy atom. The molecular formula is C24H18N2O2S. The summed E-state index contributed by atoms with van der Waals surface area (Å²) in [7, 11) is 0. The number of aromatic nitrogens is 1. The van der Waals surface area contributed by atoms with E-state index in [0.29, 0.717) is 22.7 Å². The number of hydrogen-bond donors (Lipinski definition) is 0. The van der Waals surface area contributed by atoms with Crippen LogP contribution in [0, 0.1) is 19.3 Å². The zero-order valence-electron chi connectivity index (χ0n) is 15.8. The molecule has 4 nitrogen and oxygen atoms in total. The van der Waals surface area contributed by atoms with Gasteiger partial charge in [0, 0.05) is 5.56 Å². The van der Waals surface area contributed by atoms with E-state index in [0.717, 1.165) is 21.5 Å². The quantitative estimate of drug-likeness (QED) is 0.445. The lowest BCUT2D eigenvalue weighted by atomic mass is 10.2. The fraction of sp³-hybridized carbons (Fsp3) is 0.0833. The van der Waals surface area contributed by atoms with Crippen LogP contribution in [0.5, 0.6) is 11.5 Å². The zero-order valence-corrected chi connectivity index (χ0v) is 16.6. The minimum atomic E-state index is -0.314. The van der Waals surface area contributed by atoms with Crippen LogP contribution >= 0.6 is 11.3 Å². The molecule has 0 N–H and O–H groups in total. The highest BCUT2D eigenvalue weighted by Gasteiger charge is 2.10. The number of benzene rings is 3. The molecule has 0 spiro atoms. The van der Waals surface area contributed by atoms with Gasteiger partial charge in [-0.3, -0.25) is 4.79 Å². The molecule has 4 rings (SSSR count). The van der Waals surface area contributed by atoms with Crippen molar-refractivity contribution in [1.29, 1.82) is 0 Å². The third-order valence-electron chi connectivity index (χ3n) is 4.43. The van der Waals surface area contributed by atoms with Crippen LogP contribution in [-0.2, 0) is 6.54 Å². The van der Waals surface area contributed by atoms with Gasteiger partial charge in [-0.25, -0.2) is 0 Å². The molecule has 0 saturated heterocycles. The van der Waals surface area contributed by atoms with E-state index in [-0.39, 0.29) is 5.91 Å². The lowest BCUT2D eigenvalue weighted by Gasteiger charge is -2.05. The second-order valence-electron chi connectivity index (χ2n) is 6.45. The number of amides is 1. The predicted molar refractivity (Wildman–Crippen MR) is 116 cm³/mol. The number of hydrogen-bond acceptors (Lipinski definition) is 3. The van der Waals surface area contributed by atoms with Crippen LogP contribution in [0.3, 0.4) is 0 Å². The van der Waals surface area contributed by atoms with Crippen LogP contribution in [0.2, 0.25) is 0 Å². The SMILES string of the molecule is C#CCn1c(=NC(=O)c2ccc(Oc3ccccc3)cc2)sc2cccc(C)c21. The van der Waals surface area contributed by atoms with Crippen molar-refractivity contribution in [3.8, 4) is 23.8 Å². The highest BCUT2D eigenvalue weighted by atomic mass is 32.1. The Bertz CT molecular complexity index is 1280. The molecule has 0 aliphatic heterocycles. The van der Waals surface area contributed by atoms with Gasteiger partial charge in [-0.2, -0.15) is 4.99 Å². The molecule has 1 amide bonds. The maximum atomic E-state index is 12.7. The van der Waals surface area contributed by atoms with Gasteiger partial charge in [0.25, 0.3) is 5.91 Å². The minimum Gasteiger partial charge on any atom is -0.457 e. The van der Waals surface area contributed by atoms with Crippen LogP contribution in [0.1, 0.15) is 15.9 Å². The smallest absolute Gasteiger partial charge is 0.279 e. The van der Waals surface area contributed by atoms with Gasteiger partial charge < -0.3 is 9.30 Å². The molecule has 3 aromatic carbocycles. The number of ether oxygens (including phenoxy) is 1. The van der Waals surface area contributed by atoms with Gasteiger partial charge >= 0.3 is 0 Å². The van der Waals surface area contributed by atoms with Crippen molar-refractivity contribution >= 4 is 27.5 Å². The fourth-order valence-corrected chi connectivity index (χ4v) is 4.18. The first-order valence-corrected chi connectivity index (χ1v) is 9.92. The number of nitrogens with zero attached hydrogens (tertiary/aromatic N) is 2. The van der Waals surface area contributed by atoms with Crippen molar-refractivity contribution in [1.82, 2.24) is 4.57 Å². The van der Waals surface area contributed by atoms with E-state index >= 15 is 0 Å². The number of aryl methyl sites for hydroxylation is 1. The van der Waals surface area contributed by atoms with Crippen molar-refractivity contribution < 1.29 is 9.53 Å². The second-order valence-corrected chi connectivity index (χ2v) is 7.46. The monoisotopic (exact) mass is 398 g/mol. The third kappa shape index (κ3) is 3.98. The molecule has 5 heteroatoms. The molecule has 4 aromatic rings. The van der Waals surface area contributed by atoms with Crippen molar-refractivity contribution in [3.05, 3.63) is 88.7 Å².